The largest absolute Gasteiger partial charge is 0.480 e. The highest BCUT2D eigenvalue weighted by Gasteiger charge is 2.13. The second-order valence-corrected chi connectivity index (χ2v) is 8.31. The molecule has 0 aliphatic carbocycles. The van der Waals surface area contributed by atoms with Crippen LogP contribution in [0.1, 0.15) is 9.75 Å². The van der Waals surface area contributed by atoms with Gasteiger partial charge in [-0.25, -0.2) is 17.9 Å². The summed E-state index contributed by atoms with van der Waals surface area (Å²) in [6, 6.07) is 9.68. The Hall–Kier alpha value is -1.45. The molecule has 6 nitrogen and oxygen atoms in total. The van der Waals surface area contributed by atoms with Crippen molar-refractivity contribution in [1.29, 1.82) is 0 Å². The first kappa shape index (κ1) is 18.9. The van der Waals surface area contributed by atoms with E-state index in [9.17, 15) is 13.2 Å². The number of hydrogen-bond acceptors (Lipinski definition) is 5. The van der Waals surface area contributed by atoms with E-state index in [-0.39, 0.29) is 24.7 Å². The minimum Gasteiger partial charge on any atom is -0.480 e. The average Bonchev–Trinajstić information content (AvgIpc) is 2.95. The molecule has 130 valence electrons. The predicted molar refractivity (Wildman–Crippen MR) is 92.0 cm³/mol. The molecule has 0 spiro atoms. The number of aliphatic carboxylic acids is 1. The Morgan fingerprint density at radius 1 is 1.17 bits per heavy atom. The molecule has 1 aromatic heterocycles. The number of carboxylic acid groups (broad SMARTS) is 1. The number of carbonyl (C=O) groups is 1. The minimum atomic E-state index is -3.56. The number of nitrogens with one attached hydrogen (secondary N) is 1. The molecule has 24 heavy (non-hydrogen) atoms. The van der Waals surface area contributed by atoms with Gasteiger partial charge >= 0.3 is 5.97 Å². The SMILES string of the molecule is O=C(O)COCc1ccc(CCNS(=O)(=O)c2ccc(Cl)cc2)s1. The van der Waals surface area contributed by atoms with Gasteiger partial charge in [-0.3, -0.25) is 0 Å². The van der Waals surface area contributed by atoms with Crippen molar-refractivity contribution in [1.82, 2.24) is 4.72 Å². The van der Waals surface area contributed by atoms with Crippen LogP contribution in [0.25, 0.3) is 0 Å². The van der Waals surface area contributed by atoms with E-state index in [1.807, 2.05) is 12.1 Å². The van der Waals surface area contributed by atoms with Crippen molar-refractivity contribution in [3.8, 4) is 0 Å². The quantitative estimate of drug-likeness (QED) is 0.687. The van der Waals surface area contributed by atoms with Gasteiger partial charge in [0.05, 0.1) is 11.5 Å². The Labute approximate surface area is 149 Å². The summed E-state index contributed by atoms with van der Waals surface area (Å²) in [4.78, 5) is 12.4. The van der Waals surface area contributed by atoms with Crippen LogP contribution in [0.3, 0.4) is 0 Å². The summed E-state index contributed by atoms with van der Waals surface area (Å²) in [5, 5.41) is 8.98. The van der Waals surface area contributed by atoms with Crippen LogP contribution in [-0.4, -0.2) is 32.6 Å². The molecule has 1 heterocycles. The number of rotatable bonds is 9. The van der Waals surface area contributed by atoms with Crippen molar-refractivity contribution in [3.63, 3.8) is 0 Å². The highest BCUT2D eigenvalue weighted by atomic mass is 35.5. The molecular formula is C15H16ClNO5S2. The molecule has 0 aliphatic rings. The standard InChI is InChI=1S/C15H16ClNO5S2/c16-11-1-5-14(6-2-11)24(20,21)17-8-7-12-3-4-13(23-12)9-22-10-15(18)19/h1-6,17H,7-10H2,(H,18,19). The molecule has 0 radical (unpaired) electrons. The first-order valence-electron chi connectivity index (χ1n) is 6.99. The van der Waals surface area contributed by atoms with Crippen molar-refractivity contribution in [2.24, 2.45) is 0 Å². The second kappa shape index (κ2) is 8.59. The third kappa shape index (κ3) is 5.88. The van der Waals surface area contributed by atoms with E-state index in [1.54, 1.807) is 0 Å². The smallest absolute Gasteiger partial charge is 0.329 e. The van der Waals surface area contributed by atoms with E-state index >= 15 is 0 Å². The van der Waals surface area contributed by atoms with Crippen LogP contribution in [0.15, 0.2) is 41.3 Å². The van der Waals surface area contributed by atoms with Crippen molar-refractivity contribution in [3.05, 3.63) is 51.2 Å². The maximum Gasteiger partial charge on any atom is 0.329 e. The number of carboxylic acids is 1. The van der Waals surface area contributed by atoms with Gasteiger partial charge in [-0.15, -0.1) is 11.3 Å². The molecule has 0 fully saturated rings. The first-order chi connectivity index (χ1) is 11.4. The number of thiophene rings is 1. The summed E-state index contributed by atoms with van der Waals surface area (Å²) in [7, 11) is -3.56. The second-order valence-electron chi connectivity index (χ2n) is 4.86. The van der Waals surface area contributed by atoms with Crippen molar-refractivity contribution < 1.29 is 23.1 Å². The zero-order chi connectivity index (χ0) is 17.6. The fourth-order valence-electron chi connectivity index (χ4n) is 1.88. The number of ether oxygens (including phenoxy) is 1. The van der Waals surface area contributed by atoms with Crippen LogP contribution in [0.5, 0.6) is 0 Å². The Morgan fingerprint density at radius 3 is 2.50 bits per heavy atom. The fraction of sp³-hybridized carbons (Fsp3) is 0.267. The van der Waals surface area contributed by atoms with E-state index in [1.165, 1.54) is 35.6 Å². The lowest BCUT2D eigenvalue weighted by atomic mass is 10.3. The Balaban J connectivity index is 1.82. The Kier molecular flexibility index (Phi) is 6.76. The lowest BCUT2D eigenvalue weighted by Gasteiger charge is -2.06. The van der Waals surface area contributed by atoms with Gasteiger partial charge in [0.15, 0.2) is 0 Å². The summed E-state index contributed by atoms with van der Waals surface area (Å²) in [5.74, 6) is -1.01. The Morgan fingerprint density at radius 2 is 1.83 bits per heavy atom. The van der Waals surface area contributed by atoms with E-state index in [4.69, 9.17) is 21.4 Å². The van der Waals surface area contributed by atoms with Crippen molar-refractivity contribution >= 4 is 38.9 Å². The molecule has 2 rings (SSSR count). The van der Waals surface area contributed by atoms with Gasteiger partial charge in [-0.05, 0) is 42.8 Å². The maximum atomic E-state index is 12.1. The van der Waals surface area contributed by atoms with E-state index in [0.717, 1.165) is 9.75 Å². The molecular weight excluding hydrogens is 374 g/mol. The molecule has 0 saturated carbocycles. The van der Waals surface area contributed by atoms with Gasteiger partial charge in [0.25, 0.3) is 0 Å². The minimum absolute atomic E-state index is 0.167. The third-order valence-electron chi connectivity index (χ3n) is 2.97. The summed E-state index contributed by atoms with van der Waals surface area (Å²) in [5.41, 5.74) is 0. The highest BCUT2D eigenvalue weighted by Crippen LogP contribution is 2.18. The van der Waals surface area contributed by atoms with E-state index in [2.05, 4.69) is 4.72 Å². The molecule has 0 bridgehead atoms. The van der Waals surface area contributed by atoms with Gasteiger partial charge in [0.1, 0.15) is 6.61 Å². The Bertz CT molecular complexity index is 786. The van der Waals surface area contributed by atoms with Crippen molar-refractivity contribution in [2.45, 2.75) is 17.9 Å². The number of hydrogen-bond donors (Lipinski definition) is 2. The van der Waals surface area contributed by atoms with Gasteiger partial charge in [0.2, 0.25) is 10.0 Å². The lowest BCUT2D eigenvalue weighted by Crippen LogP contribution is -2.25. The number of sulfonamides is 1. The molecule has 0 amide bonds. The zero-order valence-corrected chi connectivity index (χ0v) is 15.0. The van der Waals surface area contributed by atoms with Crippen molar-refractivity contribution in [2.75, 3.05) is 13.2 Å². The van der Waals surface area contributed by atoms with Crippen LogP contribution in [0, 0.1) is 0 Å². The molecule has 0 aliphatic heterocycles. The van der Waals surface area contributed by atoms with Crippen LogP contribution < -0.4 is 4.72 Å². The van der Waals surface area contributed by atoms with Gasteiger partial charge in [-0.1, -0.05) is 11.6 Å². The fourth-order valence-corrected chi connectivity index (χ4v) is 3.99. The zero-order valence-electron chi connectivity index (χ0n) is 12.6. The summed E-state index contributed by atoms with van der Waals surface area (Å²) in [6.07, 6.45) is 0.538. The van der Waals surface area contributed by atoms with Crippen LogP contribution in [0.2, 0.25) is 5.02 Å². The summed E-state index contributed by atoms with van der Waals surface area (Å²) < 4.78 is 31.8. The maximum absolute atomic E-state index is 12.1. The molecule has 0 atom stereocenters. The van der Waals surface area contributed by atoms with Crippen LogP contribution in [0.4, 0.5) is 0 Å². The van der Waals surface area contributed by atoms with Gasteiger partial charge < -0.3 is 9.84 Å². The van der Waals surface area contributed by atoms with Crippen LogP contribution >= 0.6 is 22.9 Å². The molecule has 0 saturated heterocycles. The summed E-state index contributed by atoms with van der Waals surface area (Å²) >= 11 is 7.21. The summed E-state index contributed by atoms with van der Waals surface area (Å²) in [6.45, 7) is 0.155. The molecule has 9 heteroatoms. The first-order valence-corrected chi connectivity index (χ1v) is 9.67. The van der Waals surface area contributed by atoms with Gasteiger partial charge in [0, 0.05) is 21.3 Å². The molecule has 0 unspecified atom stereocenters. The predicted octanol–water partition coefficient (Wildman–Crippen LogP) is 2.52. The third-order valence-corrected chi connectivity index (χ3v) is 5.82. The normalized spacial score (nSPS) is 11.5. The molecule has 2 aromatic rings. The van der Waals surface area contributed by atoms with E-state index in [0.29, 0.717) is 11.4 Å². The highest BCUT2D eigenvalue weighted by molar-refractivity contribution is 7.89. The topological polar surface area (TPSA) is 92.7 Å². The van der Waals surface area contributed by atoms with Crippen LogP contribution in [-0.2, 0) is 32.6 Å². The monoisotopic (exact) mass is 389 g/mol. The number of halogens is 1. The molecule has 1 aromatic carbocycles. The van der Waals surface area contributed by atoms with E-state index < -0.39 is 16.0 Å². The molecule has 2 N–H and O–H groups in total. The lowest BCUT2D eigenvalue weighted by molar-refractivity contribution is -0.142. The average molecular weight is 390 g/mol. The number of benzene rings is 1. The van der Waals surface area contributed by atoms with Gasteiger partial charge in [-0.2, -0.15) is 0 Å².